The molecule has 0 saturated carbocycles. The molecule has 1 rings (SSSR count). The second-order valence-corrected chi connectivity index (χ2v) is 3.32. The van der Waals surface area contributed by atoms with Gasteiger partial charge in [-0.15, -0.1) is 0 Å². The molecule has 0 aliphatic heterocycles. The summed E-state index contributed by atoms with van der Waals surface area (Å²) in [7, 11) is 0. The Hall–Kier alpha value is -0.520. The second kappa shape index (κ2) is 2.02. The summed E-state index contributed by atoms with van der Waals surface area (Å²) in [6.07, 6.45) is 8.78. The van der Waals surface area contributed by atoms with Crippen LogP contribution in [-0.4, -0.2) is 0 Å². The van der Waals surface area contributed by atoms with Crippen LogP contribution >= 0.6 is 0 Å². The molecule has 0 saturated heterocycles. The van der Waals surface area contributed by atoms with Crippen molar-refractivity contribution in [3.63, 3.8) is 0 Å². The minimum absolute atomic E-state index is 0.277. The number of allylic oxidation sites excluding steroid dienone is 4. The molecule has 0 spiro atoms. The molecule has 1 radical (unpaired) electrons. The van der Waals surface area contributed by atoms with E-state index < -0.39 is 0 Å². The van der Waals surface area contributed by atoms with Crippen LogP contribution in [0.15, 0.2) is 17.7 Å². The third-order valence-electron chi connectivity index (χ3n) is 1.62. The standard InChI is InChI=1S/C9H13/c1-8-4-6-9(2,3)7-5-8/h4-5H,6H2,1-3H3. The first-order chi connectivity index (χ1) is 4.10. The zero-order valence-corrected chi connectivity index (χ0v) is 6.36. The Morgan fingerprint density at radius 3 is 2.56 bits per heavy atom. The quantitative estimate of drug-likeness (QED) is 0.462. The van der Waals surface area contributed by atoms with Crippen LogP contribution in [0, 0.1) is 11.5 Å². The predicted octanol–water partition coefficient (Wildman–Crippen LogP) is 2.72. The zero-order chi connectivity index (χ0) is 6.91. The lowest BCUT2D eigenvalue weighted by atomic mass is 9.84. The molecule has 0 fully saturated rings. The molecule has 0 amide bonds. The molecule has 9 heavy (non-hydrogen) atoms. The molecule has 49 valence electrons. The van der Waals surface area contributed by atoms with Gasteiger partial charge >= 0.3 is 0 Å². The van der Waals surface area contributed by atoms with Gasteiger partial charge in [-0.25, -0.2) is 0 Å². The Morgan fingerprint density at radius 2 is 2.22 bits per heavy atom. The Morgan fingerprint density at radius 1 is 1.56 bits per heavy atom. The molecule has 0 heteroatoms. The summed E-state index contributed by atoms with van der Waals surface area (Å²) in [6, 6.07) is 0. The number of rotatable bonds is 0. The maximum Gasteiger partial charge on any atom is -0.00659 e. The summed E-state index contributed by atoms with van der Waals surface area (Å²) >= 11 is 0. The average molecular weight is 121 g/mol. The molecule has 1 aliphatic rings. The van der Waals surface area contributed by atoms with Crippen molar-refractivity contribution in [1.29, 1.82) is 0 Å². The van der Waals surface area contributed by atoms with Crippen molar-refractivity contribution in [3.8, 4) is 0 Å². The maximum atomic E-state index is 3.31. The van der Waals surface area contributed by atoms with E-state index in [1.165, 1.54) is 5.57 Å². The Balaban J connectivity index is 2.70. The minimum atomic E-state index is 0.277. The first-order valence-electron chi connectivity index (χ1n) is 3.38. The number of hydrogen-bond acceptors (Lipinski definition) is 0. The van der Waals surface area contributed by atoms with Gasteiger partial charge < -0.3 is 0 Å². The van der Waals surface area contributed by atoms with Gasteiger partial charge in [-0.2, -0.15) is 0 Å². The van der Waals surface area contributed by atoms with E-state index >= 15 is 0 Å². The zero-order valence-electron chi connectivity index (χ0n) is 6.36. The van der Waals surface area contributed by atoms with Gasteiger partial charge in [0.2, 0.25) is 0 Å². The van der Waals surface area contributed by atoms with E-state index in [-0.39, 0.29) is 5.41 Å². The van der Waals surface area contributed by atoms with E-state index in [1.807, 2.05) is 0 Å². The highest BCUT2D eigenvalue weighted by molar-refractivity contribution is 5.20. The summed E-state index contributed by atoms with van der Waals surface area (Å²) in [5.74, 6) is 0. The van der Waals surface area contributed by atoms with Crippen molar-refractivity contribution < 1.29 is 0 Å². The van der Waals surface area contributed by atoms with Gasteiger partial charge in [0.15, 0.2) is 0 Å². The first kappa shape index (κ1) is 6.60. The minimum Gasteiger partial charge on any atom is -0.0807 e. The molecule has 0 heterocycles. The Kier molecular flexibility index (Phi) is 1.48. The lowest BCUT2D eigenvalue weighted by molar-refractivity contribution is 0.464. The molecular weight excluding hydrogens is 108 g/mol. The summed E-state index contributed by atoms with van der Waals surface area (Å²) in [5.41, 5.74) is 1.62. The predicted molar refractivity (Wildman–Crippen MR) is 40.0 cm³/mol. The summed E-state index contributed by atoms with van der Waals surface area (Å²) in [6.45, 7) is 6.52. The van der Waals surface area contributed by atoms with E-state index in [0.29, 0.717) is 0 Å². The van der Waals surface area contributed by atoms with Crippen LogP contribution in [-0.2, 0) is 0 Å². The highest BCUT2D eigenvalue weighted by Crippen LogP contribution is 2.26. The van der Waals surface area contributed by atoms with Crippen LogP contribution in [0.5, 0.6) is 0 Å². The van der Waals surface area contributed by atoms with Crippen molar-refractivity contribution in [1.82, 2.24) is 0 Å². The van der Waals surface area contributed by atoms with Gasteiger partial charge in [0.05, 0.1) is 0 Å². The molecule has 0 unspecified atom stereocenters. The van der Waals surface area contributed by atoms with Crippen molar-refractivity contribution in [2.75, 3.05) is 0 Å². The van der Waals surface area contributed by atoms with Crippen molar-refractivity contribution in [2.24, 2.45) is 5.41 Å². The Labute approximate surface area is 57.3 Å². The molecule has 0 aromatic heterocycles. The van der Waals surface area contributed by atoms with Crippen LogP contribution in [0.4, 0.5) is 0 Å². The normalized spacial score (nSPS) is 23.7. The third kappa shape index (κ3) is 1.70. The van der Waals surface area contributed by atoms with Gasteiger partial charge in [-0.1, -0.05) is 31.6 Å². The van der Waals surface area contributed by atoms with Crippen molar-refractivity contribution >= 4 is 0 Å². The van der Waals surface area contributed by atoms with Gasteiger partial charge in [0, 0.05) is 0 Å². The van der Waals surface area contributed by atoms with Gasteiger partial charge in [-0.05, 0) is 24.8 Å². The monoisotopic (exact) mass is 121 g/mol. The molecule has 0 aromatic rings. The molecule has 0 bridgehead atoms. The van der Waals surface area contributed by atoms with E-state index in [9.17, 15) is 0 Å². The fraction of sp³-hybridized carbons (Fsp3) is 0.556. The van der Waals surface area contributed by atoms with E-state index in [0.717, 1.165) is 6.42 Å². The lowest BCUT2D eigenvalue weighted by Crippen LogP contribution is -2.08. The maximum absolute atomic E-state index is 3.31. The second-order valence-electron chi connectivity index (χ2n) is 3.32. The topological polar surface area (TPSA) is 0 Å². The number of hydrogen-bond donors (Lipinski definition) is 0. The van der Waals surface area contributed by atoms with E-state index in [1.54, 1.807) is 0 Å². The highest BCUT2D eigenvalue weighted by atomic mass is 14.2. The van der Waals surface area contributed by atoms with Crippen LogP contribution in [0.1, 0.15) is 27.2 Å². The van der Waals surface area contributed by atoms with Crippen LogP contribution in [0.25, 0.3) is 0 Å². The summed E-state index contributed by atoms with van der Waals surface area (Å²) in [5, 5.41) is 0. The van der Waals surface area contributed by atoms with Gasteiger partial charge in [-0.3, -0.25) is 0 Å². The molecule has 1 aliphatic carbocycles. The van der Waals surface area contributed by atoms with Gasteiger partial charge in [0.25, 0.3) is 0 Å². The smallest absolute Gasteiger partial charge is 0.00659 e. The van der Waals surface area contributed by atoms with Crippen LogP contribution in [0.2, 0.25) is 0 Å². The first-order valence-corrected chi connectivity index (χ1v) is 3.38. The summed E-state index contributed by atoms with van der Waals surface area (Å²) in [4.78, 5) is 0. The third-order valence-corrected chi connectivity index (χ3v) is 1.62. The fourth-order valence-corrected chi connectivity index (χ4v) is 0.843. The largest absolute Gasteiger partial charge is 0.0807 e. The highest BCUT2D eigenvalue weighted by Gasteiger charge is 2.14. The molecule has 0 nitrogen and oxygen atoms in total. The summed E-state index contributed by atoms with van der Waals surface area (Å²) < 4.78 is 0. The van der Waals surface area contributed by atoms with E-state index in [2.05, 4.69) is 39.0 Å². The molecule has 0 aromatic carbocycles. The Bertz CT molecular complexity index is 159. The molecule has 0 atom stereocenters. The average Bonchev–Trinajstić information content (AvgIpc) is 1.78. The van der Waals surface area contributed by atoms with Crippen molar-refractivity contribution in [3.05, 3.63) is 23.8 Å². The lowest BCUT2D eigenvalue weighted by Gasteiger charge is -2.20. The molecular formula is C9H13. The van der Waals surface area contributed by atoms with Crippen LogP contribution < -0.4 is 0 Å². The molecule has 0 N–H and O–H groups in total. The van der Waals surface area contributed by atoms with Crippen molar-refractivity contribution in [2.45, 2.75) is 27.2 Å². The van der Waals surface area contributed by atoms with Gasteiger partial charge in [0.1, 0.15) is 0 Å². The SMILES string of the molecule is CC1=CCC(C)(C)[C]=C1. The van der Waals surface area contributed by atoms with E-state index in [4.69, 9.17) is 0 Å². The fourth-order valence-electron chi connectivity index (χ4n) is 0.843. The van der Waals surface area contributed by atoms with Crippen LogP contribution in [0.3, 0.4) is 0 Å².